The van der Waals surface area contributed by atoms with E-state index < -0.39 is 0 Å². The summed E-state index contributed by atoms with van der Waals surface area (Å²) < 4.78 is 15.7. The number of nitrogens with zero attached hydrogens (tertiary/aromatic N) is 3. The molecule has 0 atom stereocenters. The highest BCUT2D eigenvalue weighted by Gasteiger charge is 2.13. The van der Waals surface area contributed by atoms with E-state index in [9.17, 15) is 9.18 Å². The molecule has 0 unspecified atom stereocenters. The number of benzene rings is 2. The second kappa shape index (κ2) is 8.01. The van der Waals surface area contributed by atoms with E-state index in [0.29, 0.717) is 11.0 Å². The molecule has 134 valence electrons. The summed E-state index contributed by atoms with van der Waals surface area (Å²) >= 11 is 4.73. The fourth-order valence-electron chi connectivity index (χ4n) is 2.33. The monoisotopic (exact) mass is 434 g/mol. The van der Waals surface area contributed by atoms with Gasteiger partial charge < -0.3 is 9.88 Å². The minimum atomic E-state index is -0.301. The van der Waals surface area contributed by atoms with Gasteiger partial charge in [0.1, 0.15) is 5.82 Å². The summed E-state index contributed by atoms with van der Waals surface area (Å²) in [7, 11) is 1.81. The Balaban J connectivity index is 1.64. The van der Waals surface area contributed by atoms with Crippen LogP contribution in [0.4, 0.5) is 10.1 Å². The van der Waals surface area contributed by atoms with Crippen molar-refractivity contribution in [1.82, 2.24) is 14.8 Å². The van der Waals surface area contributed by atoms with Crippen LogP contribution in [-0.2, 0) is 11.8 Å². The first-order valence-electron chi connectivity index (χ1n) is 7.78. The number of thioether (sulfide) groups is 1. The lowest BCUT2D eigenvalue weighted by Crippen LogP contribution is -2.14. The largest absolute Gasteiger partial charge is 0.324 e. The summed E-state index contributed by atoms with van der Waals surface area (Å²) in [6.45, 7) is 1.99. The van der Waals surface area contributed by atoms with Gasteiger partial charge in [0.25, 0.3) is 0 Å². The van der Waals surface area contributed by atoms with Crippen molar-refractivity contribution in [3.8, 4) is 11.4 Å². The van der Waals surface area contributed by atoms with E-state index in [-0.39, 0.29) is 17.5 Å². The molecule has 0 spiro atoms. The van der Waals surface area contributed by atoms with Crippen molar-refractivity contribution in [3.63, 3.8) is 0 Å². The maximum atomic E-state index is 13.1. The molecular weight excluding hydrogens is 419 g/mol. The van der Waals surface area contributed by atoms with Crippen LogP contribution in [0, 0.1) is 12.7 Å². The number of carbonyl (C=O) groups is 1. The highest BCUT2D eigenvalue weighted by Crippen LogP contribution is 2.25. The third-order valence-corrected chi connectivity index (χ3v) is 5.34. The predicted octanol–water partition coefficient (Wildman–Crippen LogP) is 4.42. The molecule has 1 heterocycles. The first kappa shape index (κ1) is 18.6. The van der Waals surface area contributed by atoms with Gasteiger partial charge in [-0.25, -0.2) is 4.39 Å². The SMILES string of the molecule is Cc1ccc(NC(=O)CSc2nnc(-c3ccc(F)cc3)n2C)c(Br)c1. The first-order valence-corrected chi connectivity index (χ1v) is 9.56. The lowest BCUT2D eigenvalue weighted by molar-refractivity contribution is -0.113. The molecule has 8 heteroatoms. The minimum absolute atomic E-state index is 0.133. The van der Waals surface area contributed by atoms with Gasteiger partial charge in [-0.3, -0.25) is 4.79 Å². The molecule has 0 saturated heterocycles. The number of aryl methyl sites for hydroxylation is 1. The predicted molar refractivity (Wildman–Crippen MR) is 105 cm³/mol. The second-order valence-corrected chi connectivity index (χ2v) is 7.49. The van der Waals surface area contributed by atoms with E-state index in [4.69, 9.17) is 0 Å². The molecule has 1 aromatic heterocycles. The van der Waals surface area contributed by atoms with Crippen molar-refractivity contribution in [2.24, 2.45) is 7.05 Å². The third kappa shape index (κ3) is 4.31. The van der Waals surface area contributed by atoms with Crippen molar-refractivity contribution in [2.75, 3.05) is 11.1 Å². The van der Waals surface area contributed by atoms with Crippen LogP contribution in [-0.4, -0.2) is 26.4 Å². The number of carbonyl (C=O) groups excluding carboxylic acids is 1. The number of halogens is 2. The molecule has 0 fully saturated rings. The van der Waals surface area contributed by atoms with E-state index in [0.717, 1.165) is 21.3 Å². The lowest BCUT2D eigenvalue weighted by Gasteiger charge is -2.08. The van der Waals surface area contributed by atoms with Crippen LogP contribution < -0.4 is 5.32 Å². The van der Waals surface area contributed by atoms with Crippen LogP contribution in [0.2, 0.25) is 0 Å². The van der Waals surface area contributed by atoms with Gasteiger partial charge in [0, 0.05) is 17.1 Å². The number of hydrogen-bond donors (Lipinski definition) is 1. The molecule has 3 rings (SSSR count). The van der Waals surface area contributed by atoms with Gasteiger partial charge in [0.05, 0.1) is 11.4 Å². The standard InChI is InChI=1S/C18H16BrFN4OS/c1-11-3-8-15(14(19)9-11)21-16(25)10-26-18-23-22-17(24(18)2)12-4-6-13(20)7-5-12/h3-9H,10H2,1-2H3,(H,21,25). The summed E-state index contributed by atoms with van der Waals surface area (Å²) in [4.78, 5) is 12.2. The van der Waals surface area contributed by atoms with Gasteiger partial charge in [-0.05, 0) is 64.8 Å². The van der Waals surface area contributed by atoms with Crippen LogP contribution in [0.3, 0.4) is 0 Å². The Morgan fingerprint density at radius 3 is 2.65 bits per heavy atom. The van der Waals surface area contributed by atoms with Crippen LogP contribution in [0.1, 0.15) is 5.56 Å². The van der Waals surface area contributed by atoms with Gasteiger partial charge >= 0.3 is 0 Å². The lowest BCUT2D eigenvalue weighted by atomic mass is 10.2. The Morgan fingerprint density at radius 2 is 1.96 bits per heavy atom. The number of rotatable bonds is 5. The highest BCUT2D eigenvalue weighted by atomic mass is 79.9. The number of nitrogens with one attached hydrogen (secondary N) is 1. The molecule has 2 aromatic carbocycles. The number of aromatic nitrogens is 3. The highest BCUT2D eigenvalue weighted by molar-refractivity contribution is 9.10. The normalized spacial score (nSPS) is 10.8. The summed E-state index contributed by atoms with van der Waals surface area (Å²) in [5, 5.41) is 11.7. The Morgan fingerprint density at radius 1 is 1.23 bits per heavy atom. The summed E-state index contributed by atoms with van der Waals surface area (Å²) in [6.07, 6.45) is 0. The van der Waals surface area contributed by atoms with Crippen molar-refractivity contribution in [1.29, 1.82) is 0 Å². The van der Waals surface area contributed by atoms with Crippen LogP contribution in [0.5, 0.6) is 0 Å². The quantitative estimate of drug-likeness (QED) is 0.603. The minimum Gasteiger partial charge on any atom is -0.324 e. The van der Waals surface area contributed by atoms with Gasteiger partial charge in [0.2, 0.25) is 5.91 Å². The number of anilines is 1. The Labute approximate surface area is 163 Å². The van der Waals surface area contributed by atoms with Gasteiger partial charge in [-0.2, -0.15) is 0 Å². The number of amides is 1. The Hall–Kier alpha value is -2.19. The first-order chi connectivity index (χ1) is 12.4. The van der Waals surface area contributed by atoms with Crippen molar-refractivity contribution >= 4 is 39.3 Å². The Bertz CT molecular complexity index is 943. The average Bonchev–Trinajstić information content (AvgIpc) is 2.97. The summed E-state index contributed by atoms with van der Waals surface area (Å²) in [6, 6.07) is 11.8. The molecule has 0 radical (unpaired) electrons. The Kier molecular flexibility index (Phi) is 5.73. The molecule has 3 aromatic rings. The molecule has 0 aliphatic heterocycles. The van der Waals surface area contributed by atoms with E-state index >= 15 is 0 Å². The van der Waals surface area contributed by atoms with Crippen molar-refractivity contribution in [2.45, 2.75) is 12.1 Å². The maximum Gasteiger partial charge on any atom is 0.234 e. The molecular formula is C18H16BrFN4OS. The fraction of sp³-hybridized carbons (Fsp3) is 0.167. The molecule has 1 amide bonds. The van der Waals surface area contributed by atoms with Gasteiger partial charge in [0.15, 0.2) is 11.0 Å². The van der Waals surface area contributed by atoms with Crippen LogP contribution in [0.25, 0.3) is 11.4 Å². The topological polar surface area (TPSA) is 59.8 Å². The van der Waals surface area contributed by atoms with Crippen LogP contribution >= 0.6 is 27.7 Å². The molecule has 0 aliphatic rings. The van der Waals surface area contributed by atoms with E-state index in [1.807, 2.05) is 32.2 Å². The zero-order chi connectivity index (χ0) is 18.7. The summed E-state index contributed by atoms with van der Waals surface area (Å²) in [5.41, 5.74) is 2.60. The van der Waals surface area contributed by atoms with Gasteiger partial charge in [-0.15, -0.1) is 10.2 Å². The van der Waals surface area contributed by atoms with Crippen LogP contribution in [0.15, 0.2) is 52.1 Å². The molecule has 0 saturated carbocycles. The number of hydrogen-bond acceptors (Lipinski definition) is 4. The second-order valence-electron chi connectivity index (χ2n) is 5.69. The van der Waals surface area contributed by atoms with Crippen molar-refractivity contribution < 1.29 is 9.18 Å². The van der Waals surface area contributed by atoms with E-state index in [1.54, 1.807) is 16.7 Å². The molecule has 5 nitrogen and oxygen atoms in total. The zero-order valence-corrected chi connectivity index (χ0v) is 16.6. The third-order valence-electron chi connectivity index (χ3n) is 3.67. The fourth-order valence-corrected chi connectivity index (χ4v) is 3.63. The average molecular weight is 435 g/mol. The molecule has 1 N–H and O–H groups in total. The summed E-state index contributed by atoms with van der Waals surface area (Å²) in [5.74, 6) is 0.389. The van der Waals surface area contributed by atoms with E-state index in [1.165, 1.54) is 23.9 Å². The molecule has 0 bridgehead atoms. The van der Waals surface area contributed by atoms with Gasteiger partial charge in [-0.1, -0.05) is 17.8 Å². The molecule has 0 aliphatic carbocycles. The zero-order valence-electron chi connectivity index (χ0n) is 14.2. The van der Waals surface area contributed by atoms with E-state index in [2.05, 4.69) is 31.4 Å². The smallest absolute Gasteiger partial charge is 0.234 e. The maximum absolute atomic E-state index is 13.1. The molecule has 26 heavy (non-hydrogen) atoms. The van der Waals surface area contributed by atoms with Crippen molar-refractivity contribution in [3.05, 3.63) is 58.3 Å².